The van der Waals surface area contributed by atoms with Gasteiger partial charge in [-0.2, -0.15) is 8.42 Å². The SMILES string of the molecule is O=C1NC(=O)N(c2ccc(F)cc2)C(=O)/C1=C/c1cc(Cl)ccc1OS(=O)(=O)c1ccccc1. The average molecular weight is 501 g/mol. The van der Waals surface area contributed by atoms with Gasteiger partial charge in [-0.05, 0) is 60.7 Å². The van der Waals surface area contributed by atoms with Gasteiger partial charge in [0.25, 0.3) is 11.8 Å². The molecule has 0 bridgehead atoms. The number of urea groups is 1. The lowest BCUT2D eigenvalue weighted by Gasteiger charge is -2.26. The van der Waals surface area contributed by atoms with Gasteiger partial charge in [0.15, 0.2) is 0 Å². The monoisotopic (exact) mass is 500 g/mol. The van der Waals surface area contributed by atoms with Crippen LogP contribution in [0.3, 0.4) is 0 Å². The Morgan fingerprint density at radius 1 is 0.941 bits per heavy atom. The van der Waals surface area contributed by atoms with Crippen LogP contribution < -0.4 is 14.4 Å². The van der Waals surface area contributed by atoms with Crippen LogP contribution in [-0.4, -0.2) is 26.3 Å². The van der Waals surface area contributed by atoms with E-state index in [4.69, 9.17) is 15.8 Å². The summed E-state index contributed by atoms with van der Waals surface area (Å²) in [4.78, 5) is 38.3. The molecule has 3 aromatic carbocycles. The predicted molar refractivity (Wildman–Crippen MR) is 121 cm³/mol. The second-order valence-electron chi connectivity index (χ2n) is 6.97. The molecule has 0 saturated carbocycles. The number of benzene rings is 3. The second kappa shape index (κ2) is 9.08. The Bertz CT molecular complexity index is 1440. The molecule has 34 heavy (non-hydrogen) atoms. The number of barbiturate groups is 1. The summed E-state index contributed by atoms with van der Waals surface area (Å²) in [7, 11) is -4.24. The zero-order valence-corrected chi connectivity index (χ0v) is 18.6. The molecule has 3 aromatic rings. The summed E-state index contributed by atoms with van der Waals surface area (Å²) >= 11 is 6.04. The van der Waals surface area contributed by atoms with E-state index in [2.05, 4.69) is 0 Å². The quantitative estimate of drug-likeness (QED) is 0.323. The number of halogens is 2. The molecule has 1 heterocycles. The van der Waals surface area contributed by atoms with Crippen LogP contribution in [0.15, 0.2) is 83.3 Å². The number of rotatable bonds is 5. The van der Waals surface area contributed by atoms with Crippen molar-refractivity contribution < 1.29 is 31.4 Å². The molecule has 1 saturated heterocycles. The van der Waals surface area contributed by atoms with E-state index in [1.54, 1.807) is 6.07 Å². The van der Waals surface area contributed by atoms with Crippen molar-refractivity contribution in [1.82, 2.24) is 5.32 Å². The molecular weight excluding hydrogens is 487 g/mol. The highest BCUT2D eigenvalue weighted by atomic mass is 35.5. The minimum Gasteiger partial charge on any atom is -0.378 e. The van der Waals surface area contributed by atoms with Gasteiger partial charge in [0.2, 0.25) is 0 Å². The number of carbonyl (C=O) groups excluding carboxylic acids is 3. The fraction of sp³-hybridized carbons (Fsp3) is 0. The van der Waals surface area contributed by atoms with E-state index < -0.39 is 39.4 Å². The van der Waals surface area contributed by atoms with Crippen molar-refractivity contribution in [1.29, 1.82) is 0 Å². The molecule has 1 aliphatic rings. The minimum absolute atomic E-state index is 0.00101. The molecule has 0 aromatic heterocycles. The van der Waals surface area contributed by atoms with Crippen LogP contribution >= 0.6 is 11.6 Å². The van der Waals surface area contributed by atoms with Crippen molar-refractivity contribution in [3.63, 3.8) is 0 Å². The Morgan fingerprint density at radius 2 is 1.62 bits per heavy atom. The van der Waals surface area contributed by atoms with E-state index in [0.717, 1.165) is 18.2 Å². The molecule has 0 atom stereocenters. The van der Waals surface area contributed by atoms with Crippen LogP contribution in [0.2, 0.25) is 5.02 Å². The molecular formula is C23H14ClFN2O6S. The smallest absolute Gasteiger partial charge is 0.339 e. The second-order valence-corrected chi connectivity index (χ2v) is 8.95. The number of amides is 4. The third kappa shape index (κ3) is 4.68. The number of hydrogen-bond donors (Lipinski definition) is 1. The first-order valence-electron chi connectivity index (χ1n) is 9.62. The Morgan fingerprint density at radius 3 is 2.29 bits per heavy atom. The van der Waals surface area contributed by atoms with Crippen molar-refractivity contribution in [2.45, 2.75) is 4.90 Å². The summed E-state index contributed by atoms with van der Waals surface area (Å²) in [6.45, 7) is 0. The maximum Gasteiger partial charge on any atom is 0.339 e. The predicted octanol–water partition coefficient (Wildman–Crippen LogP) is 3.91. The van der Waals surface area contributed by atoms with E-state index in [1.165, 1.54) is 54.6 Å². The van der Waals surface area contributed by atoms with E-state index >= 15 is 0 Å². The third-order valence-corrected chi connectivity index (χ3v) is 6.17. The van der Waals surface area contributed by atoms with Crippen LogP contribution in [0.1, 0.15) is 5.56 Å². The fourth-order valence-electron chi connectivity index (χ4n) is 3.10. The van der Waals surface area contributed by atoms with Crippen LogP contribution in [-0.2, 0) is 19.7 Å². The minimum atomic E-state index is -4.24. The molecule has 8 nitrogen and oxygen atoms in total. The maximum absolute atomic E-state index is 13.3. The van der Waals surface area contributed by atoms with Crippen LogP contribution in [0.5, 0.6) is 5.75 Å². The number of carbonyl (C=O) groups is 3. The van der Waals surface area contributed by atoms with Gasteiger partial charge in [-0.1, -0.05) is 29.8 Å². The van der Waals surface area contributed by atoms with E-state index in [9.17, 15) is 27.2 Å². The molecule has 0 aliphatic carbocycles. The maximum atomic E-state index is 13.3. The Labute approximate surface area is 198 Å². The number of anilines is 1. The molecule has 4 rings (SSSR count). The normalized spacial score (nSPS) is 15.4. The Hall–Kier alpha value is -4.02. The van der Waals surface area contributed by atoms with Gasteiger partial charge in [-0.3, -0.25) is 14.9 Å². The fourth-order valence-corrected chi connectivity index (χ4v) is 4.25. The first-order chi connectivity index (χ1) is 16.2. The van der Waals surface area contributed by atoms with E-state index in [0.29, 0.717) is 4.90 Å². The zero-order chi connectivity index (χ0) is 24.5. The van der Waals surface area contributed by atoms with Gasteiger partial charge >= 0.3 is 16.1 Å². The third-order valence-electron chi connectivity index (χ3n) is 4.69. The van der Waals surface area contributed by atoms with Crippen molar-refractivity contribution in [3.05, 3.63) is 94.8 Å². The van der Waals surface area contributed by atoms with Gasteiger partial charge < -0.3 is 4.18 Å². The van der Waals surface area contributed by atoms with Crippen molar-refractivity contribution in [3.8, 4) is 5.75 Å². The Kier molecular flexibility index (Phi) is 6.18. The number of nitrogens with zero attached hydrogens (tertiary/aromatic N) is 1. The summed E-state index contributed by atoms with van der Waals surface area (Å²) < 4.78 is 43.8. The van der Waals surface area contributed by atoms with Gasteiger partial charge in [0.05, 0.1) is 5.69 Å². The summed E-state index contributed by atoms with van der Waals surface area (Å²) in [5, 5.41) is 2.20. The highest BCUT2D eigenvalue weighted by Gasteiger charge is 2.37. The molecule has 1 aliphatic heterocycles. The summed E-state index contributed by atoms with van der Waals surface area (Å²) in [5.41, 5.74) is -0.469. The molecule has 0 radical (unpaired) electrons. The van der Waals surface area contributed by atoms with Crippen LogP contribution in [0.25, 0.3) is 6.08 Å². The topological polar surface area (TPSA) is 110 Å². The molecule has 1 fully saturated rings. The standard InChI is InChI=1S/C23H14ClFN2O6S/c24-15-6-11-20(33-34(31,32)18-4-2-1-3-5-18)14(12-15)13-19-21(28)26-23(30)27(22(19)29)17-9-7-16(25)8-10-17/h1-13H,(H,26,28,30)/b19-13+. The number of hydrogen-bond acceptors (Lipinski definition) is 6. The van der Waals surface area contributed by atoms with Gasteiger partial charge in [-0.15, -0.1) is 0 Å². The lowest BCUT2D eigenvalue weighted by atomic mass is 10.1. The van der Waals surface area contributed by atoms with Crippen molar-refractivity contribution in [2.75, 3.05) is 4.90 Å². The van der Waals surface area contributed by atoms with Crippen LogP contribution in [0.4, 0.5) is 14.9 Å². The summed E-state index contributed by atoms with van der Waals surface area (Å²) in [5.74, 6) is -2.80. The lowest BCUT2D eigenvalue weighted by Crippen LogP contribution is -2.54. The molecule has 0 unspecified atom stereocenters. The number of nitrogens with one attached hydrogen (secondary N) is 1. The lowest BCUT2D eigenvalue weighted by molar-refractivity contribution is -0.122. The van der Waals surface area contributed by atoms with Crippen molar-refractivity contribution in [2.24, 2.45) is 0 Å². The molecule has 11 heteroatoms. The van der Waals surface area contributed by atoms with Gasteiger partial charge in [0.1, 0.15) is 22.0 Å². The zero-order valence-electron chi connectivity index (χ0n) is 17.1. The van der Waals surface area contributed by atoms with E-state index in [1.807, 2.05) is 5.32 Å². The largest absolute Gasteiger partial charge is 0.378 e. The highest BCUT2D eigenvalue weighted by Crippen LogP contribution is 2.30. The van der Waals surface area contributed by atoms with E-state index in [-0.39, 0.29) is 26.9 Å². The number of imide groups is 2. The molecule has 172 valence electrons. The molecule has 4 amide bonds. The average Bonchev–Trinajstić information content (AvgIpc) is 2.80. The van der Waals surface area contributed by atoms with Crippen LogP contribution in [0, 0.1) is 5.82 Å². The van der Waals surface area contributed by atoms with Crippen molar-refractivity contribution >= 4 is 51.3 Å². The first kappa shape index (κ1) is 23.1. The molecule has 0 spiro atoms. The first-order valence-corrected chi connectivity index (χ1v) is 11.4. The van der Waals surface area contributed by atoms with Gasteiger partial charge in [0, 0.05) is 10.6 Å². The highest BCUT2D eigenvalue weighted by molar-refractivity contribution is 7.87. The Balaban J connectivity index is 1.75. The summed E-state index contributed by atoms with van der Waals surface area (Å²) in [6.07, 6.45) is 1.06. The molecule has 1 N–H and O–H groups in total. The van der Waals surface area contributed by atoms with Gasteiger partial charge in [-0.25, -0.2) is 14.1 Å². The summed E-state index contributed by atoms with van der Waals surface area (Å²) in [6, 6.07) is 14.8.